The molecule has 0 amide bonds. The number of anilines is 1. The van der Waals surface area contributed by atoms with Crippen molar-refractivity contribution >= 4 is 5.82 Å². The minimum absolute atomic E-state index is 0.581. The molecule has 1 atom stereocenters. The Labute approximate surface area is 97.9 Å². The number of hydrogen-bond acceptors (Lipinski definition) is 3. The Bertz CT molecular complexity index is 320. The minimum Gasteiger partial charge on any atom is -0.373 e. The van der Waals surface area contributed by atoms with Crippen LogP contribution in [0.25, 0.3) is 0 Å². The SMILES string of the molecule is CCN1CCCCC1c1ccc(NC)nc1. The summed E-state index contributed by atoms with van der Waals surface area (Å²) in [5.74, 6) is 0.947. The van der Waals surface area contributed by atoms with Crippen molar-refractivity contribution in [3.05, 3.63) is 23.9 Å². The van der Waals surface area contributed by atoms with Crippen LogP contribution < -0.4 is 5.32 Å². The van der Waals surface area contributed by atoms with Crippen molar-refractivity contribution in [2.24, 2.45) is 0 Å². The summed E-state index contributed by atoms with van der Waals surface area (Å²) in [4.78, 5) is 6.96. The molecule has 2 heterocycles. The van der Waals surface area contributed by atoms with Gasteiger partial charge in [-0.3, -0.25) is 4.90 Å². The fourth-order valence-electron chi connectivity index (χ4n) is 2.50. The van der Waals surface area contributed by atoms with Crippen molar-refractivity contribution in [3.8, 4) is 0 Å². The molecule has 0 aromatic carbocycles. The first-order chi connectivity index (χ1) is 7.85. The van der Waals surface area contributed by atoms with Crippen molar-refractivity contribution < 1.29 is 0 Å². The smallest absolute Gasteiger partial charge is 0.125 e. The van der Waals surface area contributed by atoms with Gasteiger partial charge in [0, 0.05) is 19.3 Å². The summed E-state index contributed by atoms with van der Waals surface area (Å²) in [6, 6.07) is 4.85. The fourth-order valence-corrected chi connectivity index (χ4v) is 2.50. The molecule has 3 nitrogen and oxygen atoms in total. The zero-order chi connectivity index (χ0) is 11.4. The Morgan fingerprint density at radius 1 is 1.44 bits per heavy atom. The molecule has 1 unspecified atom stereocenters. The van der Waals surface area contributed by atoms with Gasteiger partial charge in [0.15, 0.2) is 0 Å². The normalized spacial score (nSPS) is 22.0. The highest BCUT2D eigenvalue weighted by atomic mass is 15.2. The summed E-state index contributed by atoms with van der Waals surface area (Å²) in [7, 11) is 1.90. The quantitative estimate of drug-likeness (QED) is 0.847. The summed E-state index contributed by atoms with van der Waals surface area (Å²) in [5.41, 5.74) is 1.36. The number of pyridine rings is 1. The van der Waals surface area contributed by atoms with Gasteiger partial charge in [0.25, 0.3) is 0 Å². The number of nitrogens with zero attached hydrogens (tertiary/aromatic N) is 2. The van der Waals surface area contributed by atoms with Gasteiger partial charge in [-0.15, -0.1) is 0 Å². The van der Waals surface area contributed by atoms with Gasteiger partial charge in [-0.25, -0.2) is 4.98 Å². The summed E-state index contributed by atoms with van der Waals surface area (Å²) in [6.07, 6.45) is 5.97. The molecule has 1 aromatic rings. The van der Waals surface area contributed by atoms with Crippen LogP contribution in [0.2, 0.25) is 0 Å². The first kappa shape index (κ1) is 11.4. The van der Waals surface area contributed by atoms with Gasteiger partial charge >= 0.3 is 0 Å². The van der Waals surface area contributed by atoms with Gasteiger partial charge in [0.05, 0.1) is 0 Å². The van der Waals surface area contributed by atoms with E-state index in [9.17, 15) is 0 Å². The molecule has 1 fully saturated rings. The number of nitrogens with one attached hydrogen (secondary N) is 1. The van der Waals surface area contributed by atoms with Crippen LogP contribution in [-0.4, -0.2) is 30.0 Å². The van der Waals surface area contributed by atoms with E-state index in [1.54, 1.807) is 0 Å². The van der Waals surface area contributed by atoms with Crippen molar-refractivity contribution in [2.45, 2.75) is 32.2 Å². The molecule has 1 saturated heterocycles. The zero-order valence-corrected chi connectivity index (χ0v) is 10.2. The number of piperidine rings is 1. The molecular weight excluding hydrogens is 198 g/mol. The molecule has 1 N–H and O–H groups in total. The average Bonchev–Trinajstić information content (AvgIpc) is 2.39. The number of rotatable bonds is 3. The summed E-state index contributed by atoms with van der Waals surface area (Å²) in [5, 5.41) is 3.06. The van der Waals surface area contributed by atoms with Crippen molar-refractivity contribution in [3.63, 3.8) is 0 Å². The third-order valence-corrected chi connectivity index (χ3v) is 3.45. The second-order valence-electron chi connectivity index (χ2n) is 4.37. The highest BCUT2D eigenvalue weighted by Crippen LogP contribution is 2.30. The first-order valence-corrected chi connectivity index (χ1v) is 6.23. The van der Waals surface area contributed by atoms with Gasteiger partial charge in [-0.05, 0) is 37.6 Å². The van der Waals surface area contributed by atoms with E-state index in [0.717, 1.165) is 12.4 Å². The van der Waals surface area contributed by atoms with Crippen LogP contribution in [0.1, 0.15) is 37.8 Å². The van der Waals surface area contributed by atoms with Crippen LogP contribution in [0, 0.1) is 0 Å². The molecular formula is C13H21N3. The Morgan fingerprint density at radius 2 is 2.31 bits per heavy atom. The molecule has 1 aromatic heterocycles. The van der Waals surface area contributed by atoms with E-state index >= 15 is 0 Å². The predicted molar refractivity (Wildman–Crippen MR) is 67.6 cm³/mol. The van der Waals surface area contributed by atoms with Gasteiger partial charge in [-0.1, -0.05) is 19.4 Å². The molecule has 0 saturated carbocycles. The van der Waals surface area contributed by atoms with Crippen LogP contribution >= 0.6 is 0 Å². The van der Waals surface area contributed by atoms with Crippen LogP contribution in [0.15, 0.2) is 18.3 Å². The lowest BCUT2D eigenvalue weighted by atomic mass is 9.96. The van der Waals surface area contributed by atoms with Gasteiger partial charge < -0.3 is 5.32 Å². The highest BCUT2D eigenvalue weighted by molar-refractivity contribution is 5.35. The van der Waals surface area contributed by atoms with E-state index < -0.39 is 0 Å². The molecule has 0 aliphatic carbocycles. The van der Waals surface area contributed by atoms with Crippen LogP contribution in [0.4, 0.5) is 5.82 Å². The Balaban J connectivity index is 2.14. The first-order valence-electron chi connectivity index (χ1n) is 6.23. The Morgan fingerprint density at radius 3 is 2.94 bits per heavy atom. The maximum absolute atomic E-state index is 4.40. The lowest BCUT2D eigenvalue weighted by Gasteiger charge is -2.35. The Kier molecular flexibility index (Phi) is 3.78. The van der Waals surface area contributed by atoms with E-state index in [4.69, 9.17) is 0 Å². The van der Waals surface area contributed by atoms with E-state index in [2.05, 4.69) is 34.3 Å². The number of likely N-dealkylation sites (tertiary alicyclic amines) is 1. The standard InChI is InChI=1S/C13H21N3/c1-3-16-9-5-4-6-12(16)11-7-8-13(14-2)15-10-11/h7-8,10,12H,3-6,9H2,1-2H3,(H,14,15). The maximum atomic E-state index is 4.40. The molecule has 1 aliphatic heterocycles. The van der Waals surface area contributed by atoms with E-state index in [-0.39, 0.29) is 0 Å². The summed E-state index contributed by atoms with van der Waals surface area (Å²) >= 11 is 0. The molecule has 0 bridgehead atoms. The van der Waals surface area contributed by atoms with Crippen LogP contribution in [0.5, 0.6) is 0 Å². The van der Waals surface area contributed by atoms with Crippen molar-refractivity contribution in [2.75, 3.05) is 25.5 Å². The van der Waals surface area contributed by atoms with E-state index in [1.165, 1.54) is 31.4 Å². The molecule has 88 valence electrons. The molecule has 1 aliphatic rings. The predicted octanol–water partition coefficient (Wildman–Crippen LogP) is 2.67. The van der Waals surface area contributed by atoms with Gasteiger partial charge in [-0.2, -0.15) is 0 Å². The van der Waals surface area contributed by atoms with Crippen molar-refractivity contribution in [1.29, 1.82) is 0 Å². The number of hydrogen-bond donors (Lipinski definition) is 1. The molecule has 3 heteroatoms. The van der Waals surface area contributed by atoms with Crippen LogP contribution in [-0.2, 0) is 0 Å². The second-order valence-corrected chi connectivity index (χ2v) is 4.37. The molecule has 0 radical (unpaired) electrons. The third kappa shape index (κ3) is 2.35. The van der Waals surface area contributed by atoms with Crippen LogP contribution in [0.3, 0.4) is 0 Å². The molecule has 16 heavy (non-hydrogen) atoms. The van der Waals surface area contributed by atoms with Gasteiger partial charge in [0.1, 0.15) is 5.82 Å². The topological polar surface area (TPSA) is 28.2 Å². The Hall–Kier alpha value is -1.09. The second kappa shape index (κ2) is 5.30. The average molecular weight is 219 g/mol. The third-order valence-electron chi connectivity index (χ3n) is 3.45. The molecule has 0 spiro atoms. The lowest BCUT2D eigenvalue weighted by molar-refractivity contribution is 0.157. The summed E-state index contributed by atoms with van der Waals surface area (Å²) in [6.45, 7) is 4.61. The van der Waals surface area contributed by atoms with E-state index in [0.29, 0.717) is 6.04 Å². The largest absolute Gasteiger partial charge is 0.373 e. The summed E-state index contributed by atoms with van der Waals surface area (Å²) < 4.78 is 0. The monoisotopic (exact) mass is 219 g/mol. The van der Waals surface area contributed by atoms with Gasteiger partial charge in [0.2, 0.25) is 0 Å². The maximum Gasteiger partial charge on any atom is 0.125 e. The highest BCUT2D eigenvalue weighted by Gasteiger charge is 2.22. The minimum atomic E-state index is 0.581. The lowest BCUT2D eigenvalue weighted by Crippen LogP contribution is -2.33. The van der Waals surface area contributed by atoms with Crippen molar-refractivity contribution in [1.82, 2.24) is 9.88 Å². The molecule has 2 rings (SSSR count). The fraction of sp³-hybridized carbons (Fsp3) is 0.615. The van der Waals surface area contributed by atoms with E-state index in [1.807, 2.05) is 13.2 Å². The zero-order valence-electron chi connectivity index (χ0n) is 10.2. The number of aromatic nitrogens is 1.